The third kappa shape index (κ3) is 0.704. The fourth-order valence-electron chi connectivity index (χ4n) is 1.40. The maximum absolute atomic E-state index is 10.7. The summed E-state index contributed by atoms with van der Waals surface area (Å²) in [6.07, 6.45) is 2.42. The first-order chi connectivity index (χ1) is 4.36. The SMILES string of the molecule is O=C1C=C2COC[C@@H]2C1. The van der Waals surface area contributed by atoms with Gasteiger partial charge in [0.1, 0.15) is 0 Å². The number of hydrogen-bond acceptors (Lipinski definition) is 2. The summed E-state index contributed by atoms with van der Waals surface area (Å²) in [7, 11) is 0. The zero-order valence-electron chi connectivity index (χ0n) is 5.09. The molecule has 0 N–H and O–H groups in total. The lowest BCUT2D eigenvalue weighted by atomic mass is 10.1. The van der Waals surface area contributed by atoms with Crippen LogP contribution in [0.5, 0.6) is 0 Å². The number of ether oxygens (including phenoxy) is 1. The minimum absolute atomic E-state index is 0.276. The van der Waals surface area contributed by atoms with Crippen LogP contribution in [0.3, 0.4) is 0 Å². The summed E-state index contributed by atoms with van der Waals surface area (Å²) < 4.78 is 5.14. The van der Waals surface area contributed by atoms with Gasteiger partial charge in [-0.3, -0.25) is 4.79 Å². The van der Waals surface area contributed by atoms with Crippen LogP contribution in [0.1, 0.15) is 6.42 Å². The largest absolute Gasteiger partial charge is 0.376 e. The molecule has 0 radical (unpaired) electrons. The quantitative estimate of drug-likeness (QED) is 0.471. The van der Waals surface area contributed by atoms with E-state index in [0.29, 0.717) is 18.9 Å². The van der Waals surface area contributed by atoms with E-state index in [4.69, 9.17) is 4.74 Å². The Morgan fingerprint density at radius 1 is 1.67 bits per heavy atom. The van der Waals surface area contributed by atoms with Crippen molar-refractivity contribution in [2.24, 2.45) is 5.92 Å². The van der Waals surface area contributed by atoms with Gasteiger partial charge in [0.25, 0.3) is 0 Å². The summed E-state index contributed by atoms with van der Waals surface area (Å²) in [5, 5.41) is 0. The molecular formula is C7H8O2. The van der Waals surface area contributed by atoms with Gasteiger partial charge in [-0.1, -0.05) is 0 Å². The van der Waals surface area contributed by atoms with Crippen molar-refractivity contribution in [1.29, 1.82) is 0 Å². The Morgan fingerprint density at radius 3 is 3.33 bits per heavy atom. The normalized spacial score (nSPS) is 32.7. The predicted molar refractivity (Wildman–Crippen MR) is 32.0 cm³/mol. The van der Waals surface area contributed by atoms with E-state index in [2.05, 4.69) is 0 Å². The average molecular weight is 124 g/mol. The molecule has 1 aliphatic carbocycles. The third-order valence-electron chi connectivity index (χ3n) is 1.91. The molecule has 1 saturated heterocycles. The first kappa shape index (κ1) is 5.18. The lowest BCUT2D eigenvalue weighted by molar-refractivity contribution is -0.114. The summed E-state index contributed by atoms with van der Waals surface area (Å²) >= 11 is 0. The Balaban J connectivity index is 2.27. The lowest BCUT2D eigenvalue weighted by Crippen LogP contribution is -1.98. The molecule has 0 unspecified atom stereocenters. The predicted octanol–water partition coefficient (Wildman–Crippen LogP) is 0.532. The van der Waals surface area contributed by atoms with Crippen LogP contribution in [0, 0.1) is 5.92 Å². The molecular weight excluding hydrogens is 116 g/mol. The Labute approximate surface area is 53.5 Å². The molecule has 2 aliphatic rings. The van der Waals surface area contributed by atoms with Gasteiger partial charge in [-0.25, -0.2) is 0 Å². The molecule has 0 aromatic carbocycles. The molecule has 1 atom stereocenters. The van der Waals surface area contributed by atoms with Crippen LogP contribution < -0.4 is 0 Å². The Bertz CT molecular complexity index is 181. The molecule has 48 valence electrons. The van der Waals surface area contributed by atoms with E-state index in [0.717, 1.165) is 6.61 Å². The van der Waals surface area contributed by atoms with Gasteiger partial charge in [-0.05, 0) is 11.6 Å². The van der Waals surface area contributed by atoms with E-state index < -0.39 is 0 Å². The molecule has 0 bridgehead atoms. The van der Waals surface area contributed by atoms with Crippen LogP contribution in [0.2, 0.25) is 0 Å². The summed E-state index contributed by atoms with van der Waals surface area (Å²) in [5.74, 6) is 0.718. The molecule has 0 amide bonds. The van der Waals surface area contributed by atoms with Crippen molar-refractivity contribution >= 4 is 5.78 Å². The molecule has 0 spiro atoms. The molecule has 1 fully saturated rings. The van der Waals surface area contributed by atoms with Gasteiger partial charge in [0.15, 0.2) is 5.78 Å². The fraction of sp³-hybridized carbons (Fsp3) is 0.571. The second-order valence-electron chi connectivity index (χ2n) is 2.60. The van der Waals surface area contributed by atoms with E-state index in [1.807, 2.05) is 0 Å². The van der Waals surface area contributed by atoms with Crippen molar-refractivity contribution in [3.05, 3.63) is 11.6 Å². The first-order valence-corrected chi connectivity index (χ1v) is 3.17. The van der Waals surface area contributed by atoms with E-state index in [1.54, 1.807) is 6.08 Å². The average Bonchev–Trinajstić information content (AvgIpc) is 2.22. The maximum Gasteiger partial charge on any atom is 0.156 e. The molecule has 9 heavy (non-hydrogen) atoms. The number of hydrogen-bond donors (Lipinski definition) is 0. The highest BCUT2D eigenvalue weighted by atomic mass is 16.5. The van der Waals surface area contributed by atoms with E-state index >= 15 is 0 Å². The van der Waals surface area contributed by atoms with Crippen LogP contribution >= 0.6 is 0 Å². The summed E-state index contributed by atoms with van der Waals surface area (Å²) in [6.45, 7) is 1.45. The smallest absolute Gasteiger partial charge is 0.156 e. The van der Waals surface area contributed by atoms with Crippen molar-refractivity contribution in [2.45, 2.75) is 6.42 Å². The molecule has 2 heteroatoms. The molecule has 0 saturated carbocycles. The highest BCUT2D eigenvalue weighted by molar-refractivity contribution is 5.93. The van der Waals surface area contributed by atoms with E-state index in [1.165, 1.54) is 5.57 Å². The van der Waals surface area contributed by atoms with Crippen LogP contribution in [0.4, 0.5) is 0 Å². The minimum atomic E-state index is 0.276. The molecule has 0 aromatic rings. The van der Waals surface area contributed by atoms with Crippen molar-refractivity contribution in [1.82, 2.24) is 0 Å². The van der Waals surface area contributed by atoms with Gasteiger partial charge in [0, 0.05) is 12.3 Å². The summed E-state index contributed by atoms with van der Waals surface area (Å²) in [5.41, 5.74) is 1.21. The highest BCUT2D eigenvalue weighted by Crippen LogP contribution is 2.28. The summed E-state index contributed by atoms with van der Waals surface area (Å²) in [4.78, 5) is 10.7. The number of carbonyl (C=O) groups excluding carboxylic acids is 1. The van der Waals surface area contributed by atoms with Gasteiger partial charge < -0.3 is 4.74 Å². The van der Waals surface area contributed by atoms with Crippen LogP contribution in [-0.2, 0) is 9.53 Å². The molecule has 1 aliphatic heterocycles. The summed E-state index contributed by atoms with van der Waals surface area (Å²) in [6, 6.07) is 0. The molecule has 2 rings (SSSR count). The van der Waals surface area contributed by atoms with Crippen molar-refractivity contribution < 1.29 is 9.53 Å². The number of allylic oxidation sites excluding steroid dienone is 1. The minimum Gasteiger partial charge on any atom is -0.376 e. The zero-order valence-corrected chi connectivity index (χ0v) is 5.09. The second-order valence-corrected chi connectivity index (χ2v) is 2.60. The second kappa shape index (κ2) is 1.67. The third-order valence-corrected chi connectivity index (χ3v) is 1.91. The highest BCUT2D eigenvalue weighted by Gasteiger charge is 2.29. The maximum atomic E-state index is 10.7. The monoisotopic (exact) mass is 124 g/mol. The molecule has 0 aromatic heterocycles. The molecule has 2 nitrogen and oxygen atoms in total. The Morgan fingerprint density at radius 2 is 2.56 bits per heavy atom. The van der Waals surface area contributed by atoms with Crippen molar-refractivity contribution in [3.8, 4) is 0 Å². The first-order valence-electron chi connectivity index (χ1n) is 3.17. The Hall–Kier alpha value is -0.630. The standard InChI is InChI=1S/C7H8O2/c8-7-1-5-3-9-4-6(5)2-7/h1,6H,2-4H2/t6-/m0/s1. The van der Waals surface area contributed by atoms with Gasteiger partial charge >= 0.3 is 0 Å². The van der Waals surface area contributed by atoms with Crippen LogP contribution in [0.25, 0.3) is 0 Å². The van der Waals surface area contributed by atoms with Gasteiger partial charge in [0.05, 0.1) is 13.2 Å². The molecule has 1 heterocycles. The van der Waals surface area contributed by atoms with E-state index in [-0.39, 0.29) is 5.78 Å². The van der Waals surface area contributed by atoms with Gasteiger partial charge in [-0.2, -0.15) is 0 Å². The topological polar surface area (TPSA) is 26.3 Å². The number of ketones is 1. The fourth-order valence-corrected chi connectivity index (χ4v) is 1.40. The van der Waals surface area contributed by atoms with Crippen molar-refractivity contribution in [3.63, 3.8) is 0 Å². The number of rotatable bonds is 0. The number of fused-ring (bicyclic) bond motifs is 1. The van der Waals surface area contributed by atoms with Crippen LogP contribution in [-0.4, -0.2) is 19.0 Å². The van der Waals surface area contributed by atoms with E-state index in [9.17, 15) is 4.79 Å². The lowest BCUT2D eigenvalue weighted by Gasteiger charge is -1.95. The van der Waals surface area contributed by atoms with Crippen molar-refractivity contribution in [2.75, 3.05) is 13.2 Å². The van der Waals surface area contributed by atoms with Gasteiger partial charge in [0.2, 0.25) is 0 Å². The van der Waals surface area contributed by atoms with Gasteiger partial charge in [-0.15, -0.1) is 0 Å². The zero-order chi connectivity index (χ0) is 6.27. The van der Waals surface area contributed by atoms with Crippen LogP contribution in [0.15, 0.2) is 11.6 Å². The number of carbonyl (C=O) groups is 1. The Kier molecular flexibility index (Phi) is 0.963.